The van der Waals surface area contributed by atoms with Crippen molar-refractivity contribution >= 4 is 29.1 Å². The molecule has 8 heteroatoms. The van der Waals surface area contributed by atoms with Crippen molar-refractivity contribution in [1.29, 1.82) is 0 Å². The summed E-state index contributed by atoms with van der Waals surface area (Å²) < 4.78 is 7.51. The van der Waals surface area contributed by atoms with Gasteiger partial charge in [-0.25, -0.2) is 0 Å². The minimum atomic E-state index is -0.191. The minimum absolute atomic E-state index is 0.0453. The van der Waals surface area contributed by atoms with Gasteiger partial charge in [-0.1, -0.05) is 55.4 Å². The number of amides is 1. The van der Waals surface area contributed by atoms with Crippen LogP contribution in [0.3, 0.4) is 0 Å². The van der Waals surface area contributed by atoms with Crippen molar-refractivity contribution in [2.24, 2.45) is 7.05 Å². The Kier molecular flexibility index (Phi) is 8.52. The van der Waals surface area contributed by atoms with Gasteiger partial charge >= 0.3 is 0 Å². The van der Waals surface area contributed by atoms with Crippen LogP contribution in [0.2, 0.25) is 0 Å². The summed E-state index contributed by atoms with van der Waals surface area (Å²) in [6, 6.07) is 23.8. The summed E-state index contributed by atoms with van der Waals surface area (Å²) in [6.45, 7) is 2.79. The van der Waals surface area contributed by atoms with Crippen molar-refractivity contribution in [2.45, 2.75) is 24.9 Å². The van der Waals surface area contributed by atoms with Gasteiger partial charge in [0.05, 0.1) is 12.4 Å². The number of unbranched alkanes of at least 4 members (excludes halogenated alkanes) is 1. The zero-order valence-corrected chi connectivity index (χ0v) is 21.1. The van der Waals surface area contributed by atoms with E-state index in [1.165, 1.54) is 11.8 Å². The number of anilines is 1. The first kappa shape index (κ1) is 25.2. The van der Waals surface area contributed by atoms with Gasteiger partial charge in [0, 0.05) is 29.4 Å². The Labute approximate surface area is 214 Å². The Hall–Kier alpha value is -3.91. The molecule has 4 rings (SSSR count). The Morgan fingerprint density at radius 2 is 1.64 bits per heavy atom. The maximum Gasteiger partial charge on any atom is 0.255 e. The molecule has 0 radical (unpaired) electrons. The van der Waals surface area contributed by atoms with Gasteiger partial charge in [-0.15, -0.1) is 10.2 Å². The van der Waals surface area contributed by atoms with Crippen LogP contribution in [-0.2, 0) is 7.05 Å². The number of rotatable bonds is 11. The van der Waals surface area contributed by atoms with Crippen LogP contribution in [-0.4, -0.2) is 38.8 Å². The molecule has 0 bridgehead atoms. The van der Waals surface area contributed by atoms with E-state index in [1.54, 1.807) is 12.1 Å². The fourth-order valence-electron chi connectivity index (χ4n) is 3.47. The molecular weight excluding hydrogens is 472 g/mol. The second-order valence-corrected chi connectivity index (χ2v) is 9.14. The van der Waals surface area contributed by atoms with Gasteiger partial charge in [0.15, 0.2) is 16.8 Å². The van der Waals surface area contributed by atoms with E-state index in [0.717, 1.165) is 24.2 Å². The molecule has 0 fully saturated rings. The standard InChI is InChI=1S/C28H28N4O3S/c1-3-4-18-35-24-16-12-22(13-17-24)27(34)29-23-14-10-21(11-15-23)26-30-31-28(32(26)2)36-19-25(33)20-8-6-5-7-9-20/h5-17H,3-4,18-19H2,1-2H3,(H,29,34). The number of ether oxygens (including phenoxy) is 1. The minimum Gasteiger partial charge on any atom is -0.494 e. The summed E-state index contributed by atoms with van der Waals surface area (Å²) >= 11 is 1.35. The molecule has 36 heavy (non-hydrogen) atoms. The van der Waals surface area contributed by atoms with Crippen LogP contribution < -0.4 is 10.1 Å². The average molecular weight is 501 g/mol. The number of carbonyl (C=O) groups is 2. The number of nitrogens with zero attached hydrogens (tertiary/aromatic N) is 3. The molecule has 1 aromatic heterocycles. The Balaban J connectivity index is 1.35. The molecule has 4 aromatic rings. The molecule has 0 spiro atoms. The van der Waals surface area contributed by atoms with E-state index >= 15 is 0 Å². The highest BCUT2D eigenvalue weighted by Crippen LogP contribution is 2.25. The molecule has 0 saturated carbocycles. The van der Waals surface area contributed by atoms with E-state index in [1.807, 2.05) is 78.3 Å². The van der Waals surface area contributed by atoms with E-state index in [0.29, 0.717) is 34.4 Å². The molecule has 0 unspecified atom stereocenters. The summed E-state index contributed by atoms with van der Waals surface area (Å²) in [5.41, 5.74) is 2.78. The molecule has 7 nitrogen and oxygen atoms in total. The normalized spacial score (nSPS) is 10.7. The van der Waals surface area contributed by atoms with Crippen molar-refractivity contribution in [3.8, 4) is 17.1 Å². The van der Waals surface area contributed by atoms with Gasteiger partial charge < -0.3 is 14.6 Å². The molecule has 1 amide bonds. The number of Topliss-reactive ketones (excluding diaryl/α,β-unsaturated/α-hetero) is 1. The third-order valence-electron chi connectivity index (χ3n) is 5.55. The maximum absolute atomic E-state index is 12.6. The number of carbonyl (C=O) groups excluding carboxylic acids is 2. The molecule has 0 aliphatic rings. The lowest BCUT2D eigenvalue weighted by molar-refractivity contribution is 0.101. The fraction of sp³-hybridized carbons (Fsp3) is 0.214. The third-order valence-corrected chi connectivity index (χ3v) is 6.57. The molecule has 3 aromatic carbocycles. The lowest BCUT2D eigenvalue weighted by Crippen LogP contribution is -2.11. The number of aromatic nitrogens is 3. The summed E-state index contributed by atoms with van der Waals surface area (Å²) in [5.74, 6) is 1.58. The quantitative estimate of drug-likeness (QED) is 0.157. The van der Waals surface area contributed by atoms with Gasteiger partial charge in [-0.3, -0.25) is 9.59 Å². The van der Waals surface area contributed by atoms with Crippen LogP contribution in [0.4, 0.5) is 5.69 Å². The van der Waals surface area contributed by atoms with Gasteiger partial charge in [0.25, 0.3) is 5.91 Å². The maximum atomic E-state index is 12.6. The molecule has 0 aliphatic carbocycles. The van der Waals surface area contributed by atoms with E-state index in [2.05, 4.69) is 22.4 Å². The van der Waals surface area contributed by atoms with Crippen molar-refractivity contribution in [2.75, 3.05) is 17.7 Å². The van der Waals surface area contributed by atoms with Crippen LogP contribution in [0, 0.1) is 0 Å². The number of nitrogens with one attached hydrogen (secondary N) is 1. The number of hydrogen-bond donors (Lipinski definition) is 1. The number of hydrogen-bond acceptors (Lipinski definition) is 6. The molecule has 184 valence electrons. The van der Waals surface area contributed by atoms with Crippen molar-refractivity contribution in [3.05, 3.63) is 90.0 Å². The van der Waals surface area contributed by atoms with Gasteiger partial charge in [-0.2, -0.15) is 0 Å². The molecule has 0 aliphatic heterocycles. The third kappa shape index (κ3) is 6.40. The molecule has 0 saturated heterocycles. The first-order chi connectivity index (χ1) is 17.5. The second-order valence-electron chi connectivity index (χ2n) is 8.20. The van der Waals surface area contributed by atoms with E-state index in [-0.39, 0.29) is 17.4 Å². The van der Waals surface area contributed by atoms with Crippen molar-refractivity contribution in [1.82, 2.24) is 14.8 Å². The zero-order chi connectivity index (χ0) is 25.3. The van der Waals surface area contributed by atoms with E-state index < -0.39 is 0 Å². The van der Waals surface area contributed by atoms with Crippen LogP contribution in [0.25, 0.3) is 11.4 Å². The van der Waals surface area contributed by atoms with Gasteiger partial charge in [-0.05, 0) is 55.0 Å². The average Bonchev–Trinajstić information content (AvgIpc) is 3.28. The molecule has 1 N–H and O–H groups in total. The Morgan fingerprint density at radius 1 is 0.917 bits per heavy atom. The Morgan fingerprint density at radius 3 is 2.33 bits per heavy atom. The van der Waals surface area contributed by atoms with Crippen molar-refractivity contribution < 1.29 is 14.3 Å². The van der Waals surface area contributed by atoms with Crippen LogP contribution in [0.1, 0.15) is 40.5 Å². The predicted molar refractivity (Wildman–Crippen MR) is 143 cm³/mol. The van der Waals surface area contributed by atoms with Gasteiger partial charge in [0.1, 0.15) is 5.75 Å². The molecule has 0 atom stereocenters. The summed E-state index contributed by atoms with van der Waals surface area (Å²) in [5, 5.41) is 12.1. The first-order valence-corrected chi connectivity index (χ1v) is 12.8. The highest BCUT2D eigenvalue weighted by atomic mass is 32.2. The SMILES string of the molecule is CCCCOc1ccc(C(=O)Nc2ccc(-c3nnc(SCC(=O)c4ccccc4)n3C)cc2)cc1. The molecule has 1 heterocycles. The summed E-state index contributed by atoms with van der Waals surface area (Å²) in [7, 11) is 1.87. The topological polar surface area (TPSA) is 86.1 Å². The van der Waals surface area contributed by atoms with Crippen LogP contribution in [0.5, 0.6) is 5.75 Å². The number of ketones is 1. The summed E-state index contributed by atoms with van der Waals surface area (Å²) in [4.78, 5) is 25.0. The number of thioether (sulfide) groups is 1. The van der Waals surface area contributed by atoms with Crippen LogP contribution >= 0.6 is 11.8 Å². The zero-order valence-electron chi connectivity index (χ0n) is 20.3. The second kappa shape index (κ2) is 12.2. The highest BCUT2D eigenvalue weighted by Gasteiger charge is 2.14. The Bertz CT molecular complexity index is 1300. The fourth-order valence-corrected chi connectivity index (χ4v) is 4.28. The first-order valence-electron chi connectivity index (χ1n) is 11.8. The van der Waals surface area contributed by atoms with E-state index in [9.17, 15) is 9.59 Å². The number of benzene rings is 3. The van der Waals surface area contributed by atoms with Crippen molar-refractivity contribution in [3.63, 3.8) is 0 Å². The van der Waals surface area contributed by atoms with E-state index in [4.69, 9.17) is 4.74 Å². The predicted octanol–water partition coefficient (Wildman–Crippen LogP) is 5.89. The lowest BCUT2D eigenvalue weighted by atomic mass is 10.1. The smallest absolute Gasteiger partial charge is 0.255 e. The molecular formula is C28H28N4O3S. The highest BCUT2D eigenvalue weighted by molar-refractivity contribution is 7.99. The lowest BCUT2D eigenvalue weighted by Gasteiger charge is -2.09. The van der Waals surface area contributed by atoms with Crippen LogP contribution in [0.15, 0.2) is 84.0 Å². The largest absolute Gasteiger partial charge is 0.494 e. The monoisotopic (exact) mass is 500 g/mol. The summed E-state index contributed by atoms with van der Waals surface area (Å²) in [6.07, 6.45) is 2.08. The van der Waals surface area contributed by atoms with Gasteiger partial charge in [0.2, 0.25) is 0 Å².